The molecule has 12 heavy (non-hydrogen) atoms. The Morgan fingerprint density at radius 2 is 2.42 bits per heavy atom. The van der Waals surface area contributed by atoms with Crippen molar-refractivity contribution >= 4 is 0 Å². The largest absolute Gasteiger partial charge is 0.396 e. The number of nitriles is 1. The first-order valence-electron chi connectivity index (χ1n) is 4.57. The molecule has 1 heterocycles. The van der Waals surface area contributed by atoms with E-state index in [2.05, 4.69) is 6.19 Å². The lowest BCUT2D eigenvalue weighted by Crippen LogP contribution is -2.41. The second-order valence-electron chi connectivity index (χ2n) is 3.52. The lowest BCUT2D eigenvalue weighted by Gasteiger charge is -2.34. The summed E-state index contributed by atoms with van der Waals surface area (Å²) in [4.78, 5) is 1.81. The van der Waals surface area contributed by atoms with Crippen LogP contribution in [-0.2, 0) is 0 Å². The number of hydrogen-bond donors (Lipinski definition) is 1. The molecule has 1 rings (SSSR count). The summed E-state index contributed by atoms with van der Waals surface area (Å²) in [6.45, 7) is 3.05. The highest BCUT2D eigenvalue weighted by atomic mass is 16.3. The maximum Gasteiger partial charge on any atom is 0.179 e. The lowest BCUT2D eigenvalue weighted by molar-refractivity contribution is 0.118. The lowest BCUT2D eigenvalue weighted by atomic mass is 9.93. The smallest absolute Gasteiger partial charge is 0.179 e. The Bertz CT molecular complexity index is 176. The van der Waals surface area contributed by atoms with Crippen LogP contribution >= 0.6 is 0 Å². The zero-order valence-electron chi connectivity index (χ0n) is 7.53. The first kappa shape index (κ1) is 9.34. The van der Waals surface area contributed by atoms with Crippen LogP contribution < -0.4 is 0 Å². The van der Waals surface area contributed by atoms with E-state index in [0.29, 0.717) is 0 Å². The van der Waals surface area contributed by atoms with Gasteiger partial charge < -0.3 is 10.0 Å². The van der Waals surface area contributed by atoms with Gasteiger partial charge in [-0.15, -0.1) is 0 Å². The van der Waals surface area contributed by atoms with Crippen LogP contribution in [0.4, 0.5) is 0 Å². The van der Waals surface area contributed by atoms with Gasteiger partial charge in [0.1, 0.15) is 0 Å². The third-order valence-corrected chi connectivity index (χ3v) is 2.62. The zero-order valence-corrected chi connectivity index (χ0v) is 7.53. The molecule has 1 N–H and O–H groups in total. The molecule has 0 aromatic heterocycles. The van der Waals surface area contributed by atoms with Crippen molar-refractivity contribution in [3.05, 3.63) is 0 Å². The fourth-order valence-corrected chi connectivity index (χ4v) is 1.79. The van der Waals surface area contributed by atoms with E-state index in [-0.39, 0.29) is 18.6 Å². The first-order valence-corrected chi connectivity index (χ1v) is 4.57. The zero-order chi connectivity index (χ0) is 8.97. The number of piperidine rings is 1. The van der Waals surface area contributed by atoms with Crippen LogP contribution in [0.3, 0.4) is 0 Å². The molecule has 3 heteroatoms. The van der Waals surface area contributed by atoms with Gasteiger partial charge in [-0.2, -0.15) is 5.26 Å². The third-order valence-electron chi connectivity index (χ3n) is 2.62. The van der Waals surface area contributed by atoms with Crippen molar-refractivity contribution in [2.45, 2.75) is 32.2 Å². The highest BCUT2D eigenvalue weighted by molar-refractivity contribution is 4.88. The summed E-state index contributed by atoms with van der Waals surface area (Å²) in [5.74, 6) is 0.227. The van der Waals surface area contributed by atoms with Gasteiger partial charge >= 0.3 is 0 Å². The summed E-state index contributed by atoms with van der Waals surface area (Å²) in [6, 6.07) is 0.272. The second-order valence-corrected chi connectivity index (χ2v) is 3.52. The normalized spacial score (nSPS) is 26.4. The molecule has 0 spiro atoms. The van der Waals surface area contributed by atoms with E-state index in [1.807, 2.05) is 11.8 Å². The predicted molar refractivity (Wildman–Crippen MR) is 46.2 cm³/mol. The Morgan fingerprint density at radius 3 is 3.00 bits per heavy atom. The molecule has 1 saturated heterocycles. The maximum atomic E-state index is 8.96. The van der Waals surface area contributed by atoms with Crippen LogP contribution in [0.2, 0.25) is 0 Å². The monoisotopic (exact) mass is 168 g/mol. The number of aliphatic hydroxyl groups excluding tert-OH is 1. The average molecular weight is 168 g/mol. The second kappa shape index (κ2) is 4.32. The highest BCUT2D eigenvalue weighted by Gasteiger charge is 2.25. The molecule has 1 fully saturated rings. The molecule has 2 atom stereocenters. The standard InChI is InChI=1S/C9H16N2O/c1-8(6-12)9-4-2-3-5-11(9)7-10/h8-9,12H,2-6H2,1H3. The summed E-state index contributed by atoms with van der Waals surface area (Å²) in [6.07, 6.45) is 5.54. The van der Waals surface area contributed by atoms with Gasteiger partial charge in [0.2, 0.25) is 0 Å². The minimum atomic E-state index is 0.183. The molecular formula is C9H16N2O. The van der Waals surface area contributed by atoms with Gasteiger partial charge in [-0.05, 0) is 19.3 Å². The predicted octanol–water partition coefficient (Wildman–Crippen LogP) is 0.950. The molecule has 0 saturated carbocycles. The van der Waals surface area contributed by atoms with E-state index in [1.165, 1.54) is 6.42 Å². The van der Waals surface area contributed by atoms with Crippen LogP contribution in [0, 0.1) is 17.4 Å². The molecule has 0 bridgehead atoms. The van der Waals surface area contributed by atoms with Crippen LogP contribution in [0.1, 0.15) is 26.2 Å². The van der Waals surface area contributed by atoms with Crippen LogP contribution in [0.15, 0.2) is 0 Å². The molecule has 0 amide bonds. The molecule has 3 nitrogen and oxygen atoms in total. The molecule has 0 aromatic rings. The maximum absolute atomic E-state index is 8.96. The van der Waals surface area contributed by atoms with Crippen LogP contribution in [0.5, 0.6) is 0 Å². The topological polar surface area (TPSA) is 47.3 Å². The molecule has 1 aliphatic heterocycles. The van der Waals surface area contributed by atoms with Crippen molar-refractivity contribution in [3.63, 3.8) is 0 Å². The van der Waals surface area contributed by atoms with Crippen molar-refractivity contribution in [1.29, 1.82) is 5.26 Å². The van der Waals surface area contributed by atoms with Crippen molar-refractivity contribution < 1.29 is 5.11 Å². The van der Waals surface area contributed by atoms with Gasteiger partial charge in [0.15, 0.2) is 6.19 Å². The van der Waals surface area contributed by atoms with E-state index in [1.54, 1.807) is 0 Å². The molecule has 1 aliphatic rings. The molecular weight excluding hydrogens is 152 g/mol. The summed E-state index contributed by atoms with van der Waals surface area (Å²) in [5, 5.41) is 17.8. The Labute approximate surface area is 73.6 Å². The number of rotatable bonds is 2. The van der Waals surface area contributed by atoms with Gasteiger partial charge in [0, 0.05) is 25.1 Å². The van der Waals surface area contributed by atoms with E-state index >= 15 is 0 Å². The molecule has 2 unspecified atom stereocenters. The Hall–Kier alpha value is -0.750. The van der Waals surface area contributed by atoms with Crippen molar-refractivity contribution in [1.82, 2.24) is 4.90 Å². The fraction of sp³-hybridized carbons (Fsp3) is 0.889. The number of nitrogens with zero attached hydrogens (tertiary/aromatic N) is 2. The van der Waals surface area contributed by atoms with Gasteiger partial charge in [0.05, 0.1) is 0 Å². The summed E-state index contributed by atoms with van der Waals surface area (Å²) in [5.41, 5.74) is 0. The third kappa shape index (κ3) is 1.89. The molecule has 0 aliphatic carbocycles. The fourth-order valence-electron chi connectivity index (χ4n) is 1.79. The van der Waals surface area contributed by atoms with Crippen molar-refractivity contribution in [2.75, 3.05) is 13.2 Å². The van der Waals surface area contributed by atoms with Gasteiger partial charge in [-0.1, -0.05) is 6.92 Å². The van der Waals surface area contributed by atoms with Gasteiger partial charge in [-0.25, -0.2) is 0 Å². The number of hydrogen-bond acceptors (Lipinski definition) is 3. The minimum Gasteiger partial charge on any atom is -0.396 e. The van der Waals surface area contributed by atoms with E-state index in [0.717, 1.165) is 19.4 Å². The van der Waals surface area contributed by atoms with Crippen LogP contribution in [-0.4, -0.2) is 29.2 Å². The van der Waals surface area contributed by atoms with Gasteiger partial charge in [0.25, 0.3) is 0 Å². The Balaban J connectivity index is 2.53. The first-order chi connectivity index (χ1) is 5.79. The summed E-state index contributed by atoms with van der Waals surface area (Å²) >= 11 is 0. The van der Waals surface area contributed by atoms with Crippen molar-refractivity contribution in [3.8, 4) is 6.19 Å². The quantitative estimate of drug-likeness (QED) is 0.624. The minimum absolute atomic E-state index is 0.183. The van der Waals surface area contributed by atoms with E-state index in [4.69, 9.17) is 10.4 Å². The number of aliphatic hydroxyl groups is 1. The summed E-state index contributed by atoms with van der Waals surface area (Å²) < 4.78 is 0. The molecule has 68 valence electrons. The van der Waals surface area contributed by atoms with Crippen LogP contribution in [0.25, 0.3) is 0 Å². The average Bonchev–Trinajstić information content (AvgIpc) is 2.16. The van der Waals surface area contributed by atoms with E-state index < -0.39 is 0 Å². The SMILES string of the molecule is CC(CO)C1CCCCN1C#N. The highest BCUT2D eigenvalue weighted by Crippen LogP contribution is 2.21. The van der Waals surface area contributed by atoms with Crippen molar-refractivity contribution in [2.24, 2.45) is 5.92 Å². The Kier molecular flexibility index (Phi) is 3.36. The summed E-state index contributed by atoms with van der Waals surface area (Å²) in [7, 11) is 0. The molecule has 0 aromatic carbocycles. The van der Waals surface area contributed by atoms with Gasteiger partial charge in [-0.3, -0.25) is 0 Å². The Morgan fingerprint density at radius 1 is 1.67 bits per heavy atom. The number of likely N-dealkylation sites (tertiary alicyclic amines) is 1. The molecule has 0 radical (unpaired) electrons. The van der Waals surface area contributed by atoms with E-state index in [9.17, 15) is 0 Å².